The van der Waals surface area contributed by atoms with Crippen molar-refractivity contribution in [1.29, 1.82) is 0 Å². The summed E-state index contributed by atoms with van der Waals surface area (Å²) in [7, 11) is 4.18. The molecule has 2 aromatic carbocycles. The van der Waals surface area contributed by atoms with E-state index >= 15 is 0 Å². The maximum absolute atomic E-state index is 10.3. The number of nitrogens with zero attached hydrogens (tertiary/aromatic N) is 2. The Hall–Kier alpha value is -1.42. The average Bonchev–Trinajstić information content (AvgIpc) is 2.65. The van der Waals surface area contributed by atoms with Crippen molar-refractivity contribution in [2.24, 2.45) is 0 Å². The van der Waals surface area contributed by atoms with E-state index in [2.05, 4.69) is 36.0 Å². The van der Waals surface area contributed by atoms with Gasteiger partial charge in [0, 0.05) is 28.5 Å². The Morgan fingerprint density at radius 1 is 1.12 bits per heavy atom. The zero-order valence-corrected chi connectivity index (χ0v) is 15.7. The molecule has 0 saturated carbocycles. The lowest BCUT2D eigenvalue weighted by molar-refractivity contribution is 0.402. The third-order valence-electron chi connectivity index (χ3n) is 4.39. The fraction of sp³-hybridized carbons (Fsp3) is 0.368. The average molecular weight is 367 g/mol. The smallest absolute Gasteiger partial charge is 0.120 e. The van der Waals surface area contributed by atoms with Crippen molar-refractivity contribution in [1.82, 2.24) is 4.90 Å². The van der Waals surface area contributed by atoms with Gasteiger partial charge in [-0.05, 0) is 69.7 Å². The maximum atomic E-state index is 10.3. The first-order chi connectivity index (χ1) is 11.1. The van der Waals surface area contributed by atoms with Gasteiger partial charge in [0.25, 0.3) is 0 Å². The van der Waals surface area contributed by atoms with E-state index < -0.39 is 0 Å². The van der Waals surface area contributed by atoms with Crippen LogP contribution in [0.4, 0.5) is 11.4 Å². The van der Waals surface area contributed by atoms with Gasteiger partial charge in [0.1, 0.15) is 5.75 Å². The largest absolute Gasteiger partial charge is 0.508 e. The van der Waals surface area contributed by atoms with Crippen LogP contribution in [0.2, 0.25) is 5.02 Å². The maximum Gasteiger partial charge on any atom is 0.120 e. The Labute approximate surface area is 155 Å². The standard InChI is InChI=1S/C19H23ClN2O.ClH/c1-21(2)11-4-12-22-17-5-3-6-19(23)16(17)10-8-14-7-9-15(20)13-18(14)22;/h3,5-7,9,13,23H,4,8,10-12H2,1-2H3;1H. The summed E-state index contributed by atoms with van der Waals surface area (Å²) in [6.45, 7) is 1.93. The molecule has 1 heterocycles. The van der Waals surface area contributed by atoms with Crippen LogP contribution in [-0.2, 0) is 12.8 Å². The molecule has 0 saturated heterocycles. The van der Waals surface area contributed by atoms with Gasteiger partial charge in [-0.25, -0.2) is 0 Å². The molecule has 3 nitrogen and oxygen atoms in total. The Bertz CT molecular complexity index is 702. The highest BCUT2D eigenvalue weighted by molar-refractivity contribution is 6.30. The first kappa shape index (κ1) is 18.9. The van der Waals surface area contributed by atoms with Gasteiger partial charge in [0.15, 0.2) is 0 Å². The summed E-state index contributed by atoms with van der Waals surface area (Å²) in [6.07, 6.45) is 2.82. The number of hydrogen-bond acceptors (Lipinski definition) is 3. The van der Waals surface area contributed by atoms with Gasteiger partial charge in [-0.1, -0.05) is 23.7 Å². The van der Waals surface area contributed by atoms with Gasteiger partial charge in [-0.3, -0.25) is 0 Å². The molecular weight excluding hydrogens is 343 g/mol. The van der Waals surface area contributed by atoms with E-state index in [4.69, 9.17) is 11.6 Å². The minimum absolute atomic E-state index is 0. The molecule has 5 heteroatoms. The Morgan fingerprint density at radius 3 is 2.67 bits per heavy atom. The predicted octanol–water partition coefficient (Wildman–Crippen LogP) is 4.66. The van der Waals surface area contributed by atoms with Crippen LogP contribution in [0.15, 0.2) is 36.4 Å². The van der Waals surface area contributed by atoms with Gasteiger partial charge >= 0.3 is 0 Å². The molecule has 1 aliphatic rings. The molecule has 0 aromatic heterocycles. The van der Waals surface area contributed by atoms with Crippen molar-refractivity contribution in [2.75, 3.05) is 32.1 Å². The van der Waals surface area contributed by atoms with Crippen molar-refractivity contribution in [2.45, 2.75) is 19.3 Å². The lowest BCUT2D eigenvalue weighted by Gasteiger charge is -2.28. The molecule has 0 radical (unpaired) electrons. The van der Waals surface area contributed by atoms with Crippen molar-refractivity contribution in [3.8, 4) is 5.75 Å². The van der Waals surface area contributed by atoms with Crippen molar-refractivity contribution >= 4 is 35.4 Å². The zero-order valence-electron chi connectivity index (χ0n) is 14.1. The molecule has 0 fully saturated rings. The molecule has 0 atom stereocenters. The SMILES string of the molecule is CN(C)CCCN1c2cc(Cl)ccc2CCc2c(O)cccc21.Cl. The van der Waals surface area contributed by atoms with Gasteiger partial charge in [-0.2, -0.15) is 0 Å². The Kier molecular flexibility index (Phi) is 6.39. The van der Waals surface area contributed by atoms with Crippen LogP contribution in [0.3, 0.4) is 0 Å². The fourth-order valence-corrected chi connectivity index (χ4v) is 3.41. The summed E-state index contributed by atoms with van der Waals surface area (Å²) < 4.78 is 0. The number of aryl methyl sites for hydroxylation is 1. The minimum atomic E-state index is 0. The van der Waals surface area contributed by atoms with Crippen LogP contribution in [0.1, 0.15) is 17.5 Å². The number of hydrogen-bond donors (Lipinski definition) is 1. The highest BCUT2D eigenvalue weighted by atomic mass is 35.5. The van der Waals surface area contributed by atoms with E-state index in [0.29, 0.717) is 5.75 Å². The number of rotatable bonds is 4. The molecular formula is C19H24Cl2N2O. The number of anilines is 2. The fourth-order valence-electron chi connectivity index (χ4n) is 3.25. The van der Waals surface area contributed by atoms with Crippen molar-refractivity contribution in [3.05, 3.63) is 52.5 Å². The first-order valence-electron chi connectivity index (χ1n) is 8.08. The molecule has 0 aliphatic carbocycles. The van der Waals surface area contributed by atoms with Crippen molar-refractivity contribution in [3.63, 3.8) is 0 Å². The van der Waals surface area contributed by atoms with Gasteiger partial charge in [0.2, 0.25) is 0 Å². The molecule has 3 rings (SSSR count). The van der Waals surface area contributed by atoms with Gasteiger partial charge in [0.05, 0.1) is 0 Å². The Balaban J connectivity index is 0.00000208. The Morgan fingerprint density at radius 2 is 1.92 bits per heavy atom. The highest BCUT2D eigenvalue weighted by Gasteiger charge is 2.22. The second-order valence-electron chi connectivity index (χ2n) is 6.36. The second kappa shape index (κ2) is 8.11. The number of phenolic OH excluding ortho intramolecular Hbond substituents is 1. The third-order valence-corrected chi connectivity index (χ3v) is 4.62. The van der Waals surface area contributed by atoms with E-state index in [1.807, 2.05) is 18.2 Å². The molecule has 1 aliphatic heterocycles. The molecule has 0 amide bonds. The second-order valence-corrected chi connectivity index (χ2v) is 6.79. The highest BCUT2D eigenvalue weighted by Crippen LogP contribution is 2.40. The summed E-state index contributed by atoms with van der Waals surface area (Å²) >= 11 is 6.25. The molecule has 0 spiro atoms. The van der Waals surface area contributed by atoms with E-state index in [1.165, 1.54) is 11.3 Å². The van der Waals surface area contributed by atoms with E-state index in [0.717, 1.165) is 48.6 Å². The normalized spacial score (nSPS) is 13.1. The number of phenols is 1. The molecule has 2 aromatic rings. The number of aromatic hydroxyl groups is 1. The van der Waals surface area contributed by atoms with Crippen molar-refractivity contribution < 1.29 is 5.11 Å². The summed E-state index contributed by atoms with van der Waals surface area (Å²) in [5, 5.41) is 11.0. The van der Waals surface area contributed by atoms with Crippen LogP contribution >= 0.6 is 24.0 Å². The van der Waals surface area contributed by atoms with Crippen LogP contribution < -0.4 is 4.90 Å². The molecule has 1 N–H and O–H groups in total. The van der Waals surface area contributed by atoms with E-state index in [1.54, 1.807) is 6.07 Å². The first-order valence-corrected chi connectivity index (χ1v) is 8.45. The minimum Gasteiger partial charge on any atom is -0.508 e. The van der Waals surface area contributed by atoms with Crippen LogP contribution in [0.5, 0.6) is 5.75 Å². The molecule has 130 valence electrons. The van der Waals surface area contributed by atoms with Gasteiger partial charge < -0.3 is 14.9 Å². The van der Waals surface area contributed by atoms with E-state index in [-0.39, 0.29) is 12.4 Å². The van der Waals surface area contributed by atoms with Crippen LogP contribution in [0, 0.1) is 0 Å². The van der Waals surface area contributed by atoms with Gasteiger partial charge in [-0.15, -0.1) is 12.4 Å². The number of fused-ring (bicyclic) bond motifs is 2. The molecule has 24 heavy (non-hydrogen) atoms. The molecule has 0 unspecified atom stereocenters. The third kappa shape index (κ3) is 3.97. The van der Waals surface area contributed by atoms with Crippen LogP contribution in [-0.4, -0.2) is 37.2 Å². The van der Waals surface area contributed by atoms with E-state index in [9.17, 15) is 5.11 Å². The lowest BCUT2D eigenvalue weighted by Crippen LogP contribution is -2.24. The summed E-state index contributed by atoms with van der Waals surface area (Å²) in [5.41, 5.74) is 4.59. The van der Waals surface area contributed by atoms with Crippen LogP contribution in [0.25, 0.3) is 0 Å². The molecule has 0 bridgehead atoms. The number of benzene rings is 2. The predicted molar refractivity (Wildman–Crippen MR) is 104 cm³/mol. The summed E-state index contributed by atoms with van der Waals surface area (Å²) in [5.74, 6) is 0.388. The zero-order chi connectivity index (χ0) is 16.4. The lowest BCUT2D eigenvalue weighted by atomic mass is 10.0. The monoisotopic (exact) mass is 366 g/mol. The quantitative estimate of drug-likeness (QED) is 0.852. The summed E-state index contributed by atoms with van der Waals surface area (Å²) in [4.78, 5) is 4.51. The number of halogens is 2. The topological polar surface area (TPSA) is 26.7 Å². The summed E-state index contributed by atoms with van der Waals surface area (Å²) in [6, 6.07) is 11.9.